The minimum Gasteiger partial charge on any atom is -0.338 e. The smallest absolute Gasteiger partial charge is 0.338 e. The summed E-state index contributed by atoms with van der Waals surface area (Å²) >= 11 is 0. The van der Waals surface area contributed by atoms with E-state index in [9.17, 15) is 13.2 Å². The quantitative estimate of drug-likeness (QED) is 0.747. The summed E-state index contributed by atoms with van der Waals surface area (Å²) in [6.07, 6.45) is 0. The van der Waals surface area contributed by atoms with Crippen LogP contribution in [0.25, 0.3) is 10.9 Å². The summed E-state index contributed by atoms with van der Waals surface area (Å²) in [7, 11) is 1.30. The van der Waals surface area contributed by atoms with Crippen molar-refractivity contribution in [2.75, 3.05) is 0 Å². The van der Waals surface area contributed by atoms with E-state index in [0.717, 1.165) is 0 Å². The number of hydrogen-bond donors (Lipinski definition) is 1. The van der Waals surface area contributed by atoms with Gasteiger partial charge in [0.2, 0.25) is 0 Å². The molecule has 14 heavy (non-hydrogen) atoms. The van der Waals surface area contributed by atoms with Crippen LogP contribution in [0.3, 0.4) is 0 Å². The third kappa shape index (κ3) is 1.42. The largest absolute Gasteiger partial charge is 0.365 e. The van der Waals surface area contributed by atoms with Crippen molar-refractivity contribution >= 4 is 30.6 Å². The number of nitrogens with one attached hydrogen (secondary N) is 1. The first-order valence-corrected chi connectivity index (χ1v) is 5.85. The van der Waals surface area contributed by atoms with Crippen molar-refractivity contribution in [2.45, 2.75) is 4.90 Å². The standard InChI is InChI=1S/C7H4ClNO4S/c8-14(11,12)4-1-2-6-5(3-4)7(10)13-9-6/h1-3,9H. The molecule has 1 N–H and O–H groups in total. The minimum absolute atomic E-state index is 0.126. The lowest BCUT2D eigenvalue weighted by Crippen LogP contribution is -1.94. The van der Waals surface area contributed by atoms with Gasteiger partial charge in [0.15, 0.2) is 0 Å². The van der Waals surface area contributed by atoms with Crippen LogP contribution in [-0.2, 0) is 9.05 Å². The molecule has 0 aliphatic carbocycles. The van der Waals surface area contributed by atoms with Gasteiger partial charge >= 0.3 is 5.63 Å². The zero-order chi connectivity index (χ0) is 10.3. The Morgan fingerprint density at radius 1 is 1.36 bits per heavy atom. The van der Waals surface area contributed by atoms with Crippen molar-refractivity contribution in [3.05, 3.63) is 28.6 Å². The van der Waals surface area contributed by atoms with Crippen LogP contribution in [0.1, 0.15) is 0 Å². The Balaban J connectivity index is 2.86. The molecular weight excluding hydrogens is 230 g/mol. The summed E-state index contributed by atoms with van der Waals surface area (Å²) in [5, 5.41) is 2.50. The predicted molar refractivity (Wildman–Crippen MR) is 49.9 cm³/mol. The number of H-pyrrole nitrogens is 1. The van der Waals surface area contributed by atoms with Crippen LogP contribution >= 0.6 is 10.7 Å². The van der Waals surface area contributed by atoms with Gasteiger partial charge < -0.3 is 4.52 Å². The Morgan fingerprint density at radius 3 is 2.71 bits per heavy atom. The summed E-state index contributed by atoms with van der Waals surface area (Å²) in [5.41, 5.74) is -0.193. The molecule has 0 saturated carbocycles. The van der Waals surface area contributed by atoms with Crippen LogP contribution < -0.4 is 5.63 Å². The summed E-state index contributed by atoms with van der Waals surface area (Å²) in [6, 6.07) is 3.87. The molecule has 1 aromatic carbocycles. The fourth-order valence-electron chi connectivity index (χ4n) is 1.09. The molecule has 2 rings (SSSR count). The van der Waals surface area contributed by atoms with Crippen LogP contribution in [0.2, 0.25) is 0 Å². The molecule has 0 amide bonds. The van der Waals surface area contributed by atoms with Gasteiger partial charge in [-0.05, 0) is 18.2 Å². The van der Waals surface area contributed by atoms with Crippen LogP contribution in [0.15, 0.2) is 32.4 Å². The lowest BCUT2D eigenvalue weighted by Gasteiger charge is -1.93. The molecule has 0 spiro atoms. The SMILES string of the molecule is O=c1o[nH]c2ccc(S(=O)(=O)Cl)cc12. The molecular formula is C7H4ClNO4S. The first-order valence-electron chi connectivity index (χ1n) is 3.54. The molecule has 0 aliphatic rings. The third-order valence-corrected chi connectivity index (χ3v) is 3.10. The van der Waals surface area contributed by atoms with Gasteiger partial charge in [0.1, 0.15) is 0 Å². The maximum atomic E-state index is 11.0. The molecule has 1 heterocycles. The van der Waals surface area contributed by atoms with Crippen LogP contribution in [0, 0.1) is 0 Å². The molecule has 5 nitrogen and oxygen atoms in total. The normalized spacial score (nSPS) is 12.1. The van der Waals surface area contributed by atoms with Crippen molar-refractivity contribution in [3.8, 4) is 0 Å². The molecule has 2 aromatic rings. The van der Waals surface area contributed by atoms with Gasteiger partial charge in [0, 0.05) is 10.7 Å². The number of rotatable bonds is 1. The van der Waals surface area contributed by atoms with E-state index < -0.39 is 14.7 Å². The molecule has 0 atom stereocenters. The number of fused-ring (bicyclic) bond motifs is 1. The highest BCUT2D eigenvalue weighted by Crippen LogP contribution is 2.18. The molecule has 0 unspecified atom stereocenters. The van der Waals surface area contributed by atoms with Gasteiger partial charge in [-0.25, -0.2) is 18.4 Å². The Hall–Kier alpha value is -1.27. The molecule has 7 heteroatoms. The monoisotopic (exact) mass is 233 g/mol. The predicted octanol–water partition coefficient (Wildman–Crippen LogP) is 1.05. The van der Waals surface area contributed by atoms with Crippen molar-refractivity contribution in [2.24, 2.45) is 0 Å². The van der Waals surface area contributed by atoms with Crippen molar-refractivity contribution in [1.29, 1.82) is 0 Å². The molecule has 0 radical (unpaired) electrons. The number of aromatic amines is 1. The Labute approximate surface area is 82.7 Å². The summed E-state index contributed by atoms with van der Waals surface area (Å²) in [5.74, 6) is 0. The van der Waals surface area contributed by atoms with E-state index in [1.54, 1.807) is 0 Å². The summed E-state index contributed by atoms with van der Waals surface area (Å²) in [6.45, 7) is 0. The Bertz CT molecular complexity index is 639. The van der Waals surface area contributed by atoms with E-state index >= 15 is 0 Å². The maximum Gasteiger partial charge on any atom is 0.365 e. The highest BCUT2D eigenvalue weighted by Gasteiger charge is 2.12. The van der Waals surface area contributed by atoms with E-state index in [1.807, 2.05) is 0 Å². The molecule has 0 saturated heterocycles. The zero-order valence-electron chi connectivity index (χ0n) is 6.65. The maximum absolute atomic E-state index is 11.0. The second-order valence-electron chi connectivity index (χ2n) is 2.64. The van der Waals surface area contributed by atoms with Crippen molar-refractivity contribution < 1.29 is 12.9 Å². The number of benzene rings is 1. The average Bonchev–Trinajstić information content (AvgIpc) is 2.46. The van der Waals surface area contributed by atoms with Crippen LogP contribution in [0.4, 0.5) is 0 Å². The highest BCUT2D eigenvalue weighted by molar-refractivity contribution is 8.13. The molecule has 74 valence electrons. The Morgan fingerprint density at radius 2 is 2.07 bits per heavy atom. The van der Waals surface area contributed by atoms with Gasteiger partial charge in [-0.15, -0.1) is 0 Å². The lowest BCUT2D eigenvalue weighted by molar-refractivity contribution is 0.400. The lowest BCUT2D eigenvalue weighted by atomic mass is 10.3. The second kappa shape index (κ2) is 2.86. The average molecular weight is 234 g/mol. The van der Waals surface area contributed by atoms with E-state index in [2.05, 4.69) is 9.68 Å². The zero-order valence-corrected chi connectivity index (χ0v) is 8.22. The van der Waals surface area contributed by atoms with Crippen molar-refractivity contribution in [1.82, 2.24) is 5.16 Å². The van der Waals surface area contributed by atoms with Gasteiger partial charge in [0.05, 0.1) is 15.8 Å². The minimum atomic E-state index is -3.81. The second-order valence-corrected chi connectivity index (χ2v) is 5.20. The fraction of sp³-hybridized carbons (Fsp3) is 0. The van der Waals surface area contributed by atoms with Crippen LogP contribution in [0.5, 0.6) is 0 Å². The highest BCUT2D eigenvalue weighted by atomic mass is 35.7. The topological polar surface area (TPSA) is 80.1 Å². The summed E-state index contributed by atoms with van der Waals surface area (Å²) in [4.78, 5) is 10.9. The van der Waals surface area contributed by atoms with Gasteiger partial charge in [-0.3, -0.25) is 0 Å². The van der Waals surface area contributed by atoms with Gasteiger partial charge in [-0.2, -0.15) is 0 Å². The first kappa shape index (κ1) is 9.29. The molecule has 0 bridgehead atoms. The van der Waals surface area contributed by atoms with E-state index in [0.29, 0.717) is 5.52 Å². The number of halogens is 1. The molecule has 0 aliphatic heterocycles. The van der Waals surface area contributed by atoms with Gasteiger partial charge in [0.25, 0.3) is 9.05 Å². The summed E-state index contributed by atoms with van der Waals surface area (Å²) < 4.78 is 26.3. The molecule has 1 aromatic heterocycles. The molecule has 0 fully saturated rings. The van der Waals surface area contributed by atoms with Crippen LogP contribution in [-0.4, -0.2) is 13.6 Å². The fourth-order valence-corrected chi connectivity index (χ4v) is 1.87. The van der Waals surface area contributed by atoms with E-state index in [1.165, 1.54) is 18.2 Å². The number of aromatic nitrogens is 1. The van der Waals surface area contributed by atoms with Crippen molar-refractivity contribution in [3.63, 3.8) is 0 Å². The number of hydrogen-bond acceptors (Lipinski definition) is 4. The third-order valence-electron chi connectivity index (χ3n) is 1.75. The van der Waals surface area contributed by atoms with E-state index in [-0.39, 0.29) is 10.3 Å². The first-order chi connectivity index (χ1) is 6.48. The van der Waals surface area contributed by atoms with E-state index in [4.69, 9.17) is 10.7 Å². The van der Waals surface area contributed by atoms with Gasteiger partial charge in [-0.1, -0.05) is 0 Å². The Kier molecular flexibility index (Phi) is 1.90.